The second-order valence-electron chi connectivity index (χ2n) is 2.68. The van der Waals surface area contributed by atoms with Crippen molar-refractivity contribution in [3.8, 4) is 11.8 Å². The van der Waals surface area contributed by atoms with Gasteiger partial charge >= 0.3 is 0 Å². The van der Waals surface area contributed by atoms with E-state index in [1.54, 1.807) is 7.05 Å². The van der Waals surface area contributed by atoms with E-state index in [4.69, 9.17) is 20.9 Å². The second-order valence-corrected chi connectivity index (χ2v) is 2.68. The molecular weight excluding hydrogens is 198 g/mol. The maximum absolute atomic E-state index is 5.72. The average Bonchev–Trinajstić information content (AvgIpc) is 2.21. The summed E-state index contributed by atoms with van der Waals surface area (Å²) in [5.74, 6) is 0.537. The molecule has 0 atom stereocenters. The third-order valence-corrected chi connectivity index (χ3v) is 1.53. The van der Waals surface area contributed by atoms with Gasteiger partial charge in [-0.15, -0.1) is 0 Å². The Morgan fingerprint density at radius 2 is 1.80 bits per heavy atom. The minimum Gasteiger partial charge on any atom is -0.476 e. The summed E-state index contributed by atoms with van der Waals surface area (Å²) >= 11 is 0. The molecule has 0 spiro atoms. The van der Waals surface area contributed by atoms with Crippen molar-refractivity contribution in [2.45, 2.75) is 6.92 Å². The van der Waals surface area contributed by atoms with Crippen LogP contribution in [0, 0.1) is 0 Å². The van der Waals surface area contributed by atoms with Crippen LogP contribution in [0.4, 0.5) is 11.6 Å². The molecule has 0 aliphatic heterocycles. The SMILES string of the molecule is CCOc1nc(N)nc(OCNC)c1N. The van der Waals surface area contributed by atoms with Crippen LogP contribution >= 0.6 is 0 Å². The maximum Gasteiger partial charge on any atom is 0.247 e. The van der Waals surface area contributed by atoms with E-state index in [0.717, 1.165) is 0 Å². The maximum atomic E-state index is 5.72. The molecule has 0 aromatic carbocycles. The van der Waals surface area contributed by atoms with Gasteiger partial charge in [0, 0.05) is 0 Å². The van der Waals surface area contributed by atoms with Crippen molar-refractivity contribution < 1.29 is 9.47 Å². The van der Waals surface area contributed by atoms with Crippen LogP contribution in [0.25, 0.3) is 0 Å². The van der Waals surface area contributed by atoms with E-state index >= 15 is 0 Å². The summed E-state index contributed by atoms with van der Waals surface area (Å²) in [6, 6.07) is 0. The van der Waals surface area contributed by atoms with Crippen LogP contribution in [-0.4, -0.2) is 30.4 Å². The van der Waals surface area contributed by atoms with Crippen molar-refractivity contribution in [3.05, 3.63) is 0 Å². The van der Waals surface area contributed by atoms with Gasteiger partial charge in [0.25, 0.3) is 0 Å². The normalized spacial score (nSPS) is 10.0. The molecule has 0 amide bonds. The molecule has 1 aromatic rings. The van der Waals surface area contributed by atoms with Gasteiger partial charge in [-0.2, -0.15) is 9.97 Å². The standard InChI is InChI=1S/C8H15N5O2/c1-3-14-6-5(9)7(15-4-11-2)13-8(10)12-6/h11H,3-4,9H2,1-2H3,(H2,10,12,13). The van der Waals surface area contributed by atoms with Crippen LogP contribution in [0.1, 0.15) is 6.92 Å². The molecule has 0 unspecified atom stereocenters. The second kappa shape index (κ2) is 5.20. The molecule has 0 fully saturated rings. The van der Waals surface area contributed by atoms with Gasteiger partial charge < -0.3 is 20.9 Å². The lowest BCUT2D eigenvalue weighted by Crippen LogP contribution is -2.16. The van der Waals surface area contributed by atoms with Gasteiger partial charge in [0.2, 0.25) is 17.7 Å². The predicted octanol–water partition coefficient (Wildman–Crippen LogP) is -0.405. The molecule has 0 aliphatic rings. The summed E-state index contributed by atoms with van der Waals surface area (Å²) in [7, 11) is 1.74. The number of nitrogens with zero attached hydrogens (tertiary/aromatic N) is 2. The van der Waals surface area contributed by atoms with Crippen molar-refractivity contribution in [1.29, 1.82) is 0 Å². The summed E-state index contributed by atoms with van der Waals surface area (Å²) in [5, 5.41) is 2.79. The Bertz CT molecular complexity index is 331. The number of hydrogen-bond donors (Lipinski definition) is 3. The van der Waals surface area contributed by atoms with Gasteiger partial charge in [0.05, 0.1) is 6.61 Å². The fourth-order valence-electron chi connectivity index (χ4n) is 0.942. The molecule has 15 heavy (non-hydrogen) atoms. The molecule has 0 radical (unpaired) electrons. The average molecular weight is 213 g/mol. The summed E-state index contributed by atoms with van der Waals surface area (Å²) < 4.78 is 10.4. The van der Waals surface area contributed by atoms with E-state index in [0.29, 0.717) is 6.61 Å². The number of anilines is 2. The predicted molar refractivity (Wildman–Crippen MR) is 56.6 cm³/mol. The first-order valence-electron chi connectivity index (χ1n) is 4.52. The van der Waals surface area contributed by atoms with Gasteiger partial charge in [-0.05, 0) is 14.0 Å². The van der Waals surface area contributed by atoms with Crippen molar-refractivity contribution >= 4 is 11.6 Å². The van der Waals surface area contributed by atoms with E-state index < -0.39 is 0 Å². The molecule has 5 N–H and O–H groups in total. The van der Waals surface area contributed by atoms with E-state index in [1.807, 2.05) is 6.92 Å². The number of ether oxygens (including phenoxy) is 2. The Hall–Kier alpha value is -1.76. The molecule has 1 rings (SSSR count). The molecule has 1 heterocycles. The molecule has 0 saturated heterocycles. The minimum absolute atomic E-state index is 0.0683. The van der Waals surface area contributed by atoms with E-state index in [-0.39, 0.29) is 30.1 Å². The lowest BCUT2D eigenvalue weighted by atomic mass is 10.5. The molecular formula is C8H15N5O2. The van der Waals surface area contributed by atoms with Gasteiger partial charge in [-0.1, -0.05) is 0 Å². The lowest BCUT2D eigenvalue weighted by molar-refractivity contribution is 0.280. The first kappa shape index (κ1) is 11.3. The number of nitrogen functional groups attached to an aromatic ring is 2. The monoisotopic (exact) mass is 213 g/mol. The Labute approximate surface area is 87.8 Å². The van der Waals surface area contributed by atoms with E-state index in [2.05, 4.69) is 15.3 Å². The highest BCUT2D eigenvalue weighted by molar-refractivity contribution is 5.58. The highest BCUT2D eigenvalue weighted by Crippen LogP contribution is 2.28. The number of nitrogens with two attached hydrogens (primary N) is 2. The number of hydrogen-bond acceptors (Lipinski definition) is 7. The Kier molecular flexibility index (Phi) is 3.92. The van der Waals surface area contributed by atoms with E-state index in [9.17, 15) is 0 Å². The van der Waals surface area contributed by atoms with Gasteiger partial charge in [-0.3, -0.25) is 5.32 Å². The summed E-state index contributed by atoms with van der Waals surface area (Å²) in [5.41, 5.74) is 11.4. The van der Waals surface area contributed by atoms with Crippen LogP contribution in [0.2, 0.25) is 0 Å². The highest BCUT2D eigenvalue weighted by Gasteiger charge is 2.12. The van der Waals surface area contributed by atoms with E-state index in [1.165, 1.54) is 0 Å². The highest BCUT2D eigenvalue weighted by atomic mass is 16.5. The fraction of sp³-hybridized carbons (Fsp3) is 0.500. The van der Waals surface area contributed by atoms with Crippen LogP contribution in [-0.2, 0) is 0 Å². The summed E-state index contributed by atoms with van der Waals surface area (Å²) in [6.45, 7) is 2.56. The summed E-state index contributed by atoms with van der Waals surface area (Å²) in [6.07, 6.45) is 0. The minimum atomic E-state index is 0.0683. The van der Waals surface area contributed by atoms with Crippen molar-refractivity contribution in [2.75, 3.05) is 31.9 Å². The van der Waals surface area contributed by atoms with Crippen LogP contribution < -0.4 is 26.3 Å². The zero-order chi connectivity index (χ0) is 11.3. The van der Waals surface area contributed by atoms with Crippen LogP contribution in [0.3, 0.4) is 0 Å². The largest absolute Gasteiger partial charge is 0.476 e. The van der Waals surface area contributed by atoms with Gasteiger partial charge in [-0.25, -0.2) is 0 Å². The molecule has 0 bridgehead atoms. The number of aromatic nitrogens is 2. The molecule has 0 saturated carbocycles. The molecule has 1 aromatic heterocycles. The van der Waals surface area contributed by atoms with Crippen molar-refractivity contribution in [1.82, 2.24) is 15.3 Å². The fourth-order valence-corrected chi connectivity index (χ4v) is 0.942. The quantitative estimate of drug-likeness (QED) is 0.571. The molecule has 0 aliphatic carbocycles. The topological polar surface area (TPSA) is 108 Å². The zero-order valence-electron chi connectivity index (χ0n) is 8.78. The van der Waals surface area contributed by atoms with Crippen LogP contribution in [0.5, 0.6) is 11.8 Å². The molecule has 84 valence electrons. The Morgan fingerprint density at radius 1 is 1.20 bits per heavy atom. The van der Waals surface area contributed by atoms with Crippen molar-refractivity contribution in [3.63, 3.8) is 0 Å². The van der Waals surface area contributed by atoms with Gasteiger partial charge in [0.1, 0.15) is 6.73 Å². The third kappa shape index (κ3) is 2.84. The smallest absolute Gasteiger partial charge is 0.247 e. The van der Waals surface area contributed by atoms with Crippen LogP contribution in [0.15, 0.2) is 0 Å². The van der Waals surface area contributed by atoms with Gasteiger partial charge in [0.15, 0.2) is 5.69 Å². The third-order valence-electron chi connectivity index (χ3n) is 1.53. The Morgan fingerprint density at radius 3 is 2.33 bits per heavy atom. The lowest BCUT2D eigenvalue weighted by Gasteiger charge is -2.10. The molecule has 7 heteroatoms. The zero-order valence-corrected chi connectivity index (χ0v) is 8.78. The molecule has 7 nitrogen and oxygen atoms in total. The Balaban J connectivity index is 2.93. The first-order chi connectivity index (χ1) is 7.19. The number of nitrogens with one attached hydrogen (secondary N) is 1. The summed E-state index contributed by atoms with van der Waals surface area (Å²) in [4.78, 5) is 7.70. The first-order valence-corrected chi connectivity index (χ1v) is 4.52. The van der Waals surface area contributed by atoms with Crippen molar-refractivity contribution in [2.24, 2.45) is 0 Å². The number of rotatable bonds is 5.